The number of fused-ring (bicyclic) bond motifs is 1. The van der Waals surface area contributed by atoms with Gasteiger partial charge in [-0.05, 0) is 74.7 Å². The molecule has 5 nitrogen and oxygen atoms in total. The number of hydrogen-bond donors (Lipinski definition) is 1. The van der Waals surface area contributed by atoms with E-state index in [2.05, 4.69) is 6.92 Å². The second-order valence-corrected chi connectivity index (χ2v) is 7.73. The molecule has 0 aliphatic carbocycles. The Hall–Kier alpha value is -3.47. The number of hydrogen-bond acceptors (Lipinski definition) is 4. The Morgan fingerprint density at radius 3 is 2.33 bits per heavy atom. The normalized spacial score (nSPS) is 11.1. The lowest BCUT2D eigenvalue weighted by atomic mass is 10.0. The minimum absolute atomic E-state index is 0.320. The second-order valence-electron chi connectivity index (χ2n) is 7.73. The summed E-state index contributed by atoms with van der Waals surface area (Å²) < 4.78 is 14.1. The van der Waals surface area contributed by atoms with Crippen LogP contribution in [0.1, 0.15) is 28.1 Å². The summed E-state index contributed by atoms with van der Waals surface area (Å²) in [4.78, 5) is 4.70. The first kappa shape index (κ1) is 19.8. The van der Waals surface area contributed by atoms with E-state index < -0.39 is 0 Å². The van der Waals surface area contributed by atoms with Crippen LogP contribution < -0.4 is 9.47 Å². The van der Waals surface area contributed by atoms with Gasteiger partial charge < -0.3 is 19.1 Å². The zero-order valence-corrected chi connectivity index (χ0v) is 18.0. The van der Waals surface area contributed by atoms with E-state index in [4.69, 9.17) is 14.5 Å². The van der Waals surface area contributed by atoms with E-state index in [0.717, 1.165) is 50.8 Å². The first-order valence-electron chi connectivity index (χ1n) is 9.96. The molecular weight excluding hydrogens is 376 g/mol. The average Bonchev–Trinajstić information content (AvgIpc) is 3.05. The lowest BCUT2D eigenvalue weighted by molar-refractivity contribution is 0.292. The van der Waals surface area contributed by atoms with E-state index in [1.54, 1.807) is 0 Å². The van der Waals surface area contributed by atoms with Gasteiger partial charge in [-0.2, -0.15) is 0 Å². The van der Waals surface area contributed by atoms with Gasteiger partial charge in [0.2, 0.25) is 0 Å². The maximum Gasteiger partial charge on any atom is 0.147 e. The van der Waals surface area contributed by atoms with E-state index in [1.807, 2.05) is 80.9 Å². The highest BCUT2D eigenvalue weighted by atomic mass is 16.5. The van der Waals surface area contributed by atoms with Crippen LogP contribution in [0.25, 0.3) is 11.0 Å². The van der Waals surface area contributed by atoms with Crippen molar-refractivity contribution >= 4 is 11.0 Å². The zero-order valence-electron chi connectivity index (χ0n) is 18.0. The number of ether oxygens (including phenoxy) is 2. The number of aromatic hydroxyl groups is 1. The van der Waals surface area contributed by atoms with Gasteiger partial charge >= 0.3 is 0 Å². The van der Waals surface area contributed by atoms with Gasteiger partial charge in [0.25, 0.3) is 0 Å². The van der Waals surface area contributed by atoms with Crippen LogP contribution in [-0.2, 0) is 13.7 Å². The van der Waals surface area contributed by atoms with Crippen LogP contribution in [0.15, 0.2) is 48.5 Å². The molecule has 0 bridgehead atoms. The predicted molar refractivity (Wildman–Crippen MR) is 119 cm³/mol. The molecule has 4 rings (SSSR count). The Morgan fingerprint density at radius 1 is 0.900 bits per heavy atom. The molecule has 154 valence electrons. The third-order valence-electron chi connectivity index (χ3n) is 5.57. The lowest BCUT2D eigenvalue weighted by Gasteiger charge is -2.14. The highest BCUT2D eigenvalue weighted by molar-refractivity contribution is 5.78. The molecule has 30 heavy (non-hydrogen) atoms. The lowest BCUT2D eigenvalue weighted by Crippen LogP contribution is -2.03. The minimum atomic E-state index is 0.320. The van der Waals surface area contributed by atoms with Crippen LogP contribution in [-0.4, -0.2) is 14.7 Å². The van der Waals surface area contributed by atoms with E-state index in [1.165, 1.54) is 5.56 Å². The summed E-state index contributed by atoms with van der Waals surface area (Å²) in [5, 5.41) is 10.1. The maximum absolute atomic E-state index is 10.1. The number of aryl methyl sites for hydroxylation is 3. The van der Waals surface area contributed by atoms with E-state index in [0.29, 0.717) is 12.4 Å². The van der Waals surface area contributed by atoms with Crippen LogP contribution in [0, 0.1) is 27.7 Å². The first-order chi connectivity index (χ1) is 14.3. The van der Waals surface area contributed by atoms with Crippen LogP contribution in [0.5, 0.6) is 23.0 Å². The summed E-state index contributed by atoms with van der Waals surface area (Å²) >= 11 is 0. The molecule has 0 atom stereocenters. The van der Waals surface area contributed by atoms with Crippen molar-refractivity contribution in [3.63, 3.8) is 0 Å². The number of rotatable bonds is 5. The molecule has 0 radical (unpaired) electrons. The first-order valence-corrected chi connectivity index (χ1v) is 9.96. The van der Waals surface area contributed by atoms with Crippen molar-refractivity contribution in [2.75, 3.05) is 0 Å². The Kier molecular flexibility index (Phi) is 5.12. The third kappa shape index (κ3) is 3.71. The molecule has 1 aromatic heterocycles. The highest BCUT2D eigenvalue weighted by Crippen LogP contribution is 2.35. The molecule has 0 saturated carbocycles. The maximum atomic E-state index is 10.1. The topological polar surface area (TPSA) is 56.5 Å². The number of nitrogens with zero attached hydrogens (tertiary/aromatic N) is 2. The summed E-state index contributed by atoms with van der Waals surface area (Å²) in [5.41, 5.74) is 5.62. The smallest absolute Gasteiger partial charge is 0.147 e. The van der Waals surface area contributed by atoms with Crippen molar-refractivity contribution < 1.29 is 14.6 Å². The quantitative estimate of drug-likeness (QED) is 0.453. The summed E-state index contributed by atoms with van der Waals surface area (Å²) in [6.45, 7) is 8.17. The monoisotopic (exact) mass is 402 g/mol. The number of benzene rings is 3. The van der Waals surface area contributed by atoms with Gasteiger partial charge in [0.1, 0.15) is 35.4 Å². The number of phenols is 1. The number of imidazole rings is 1. The molecule has 0 fully saturated rings. The van der Waals surface area contributed by atoms with Crippen LogP contribution >= 0.6 is 0 Å². The summed E-state index contributed by atoms with van der Waals surface area (Å²) in [6.07, 6.45) is 0. The molecule has 0 unspecified atom stereocenters. The van der Waals surface area contributed by atoms with Crippen LogP contribution in [0.4, 0.5) is 0 Å². The molecule has 0 aliphatic rings. The molecule has 4 aromatic rings. The molecule has 0 aliphatic heterocycles. The fourth-order valence-corrected chi connectivity index (χ4v) is 3.46. The third-order valence-corrected chi connectivity index (χ3v) is 5.57. The van der Waals surface area contributed by atoms with Gasteiger partial charge in [-0.25, -0.2) is 4.98 Å². The standard InChI is InChI=1S/C25H26N2O3/c1-15-6-8-19(9-7-15)29-14-24-26-21-11-10-20(13-22(21)27(24)5)30-23-12-16(2)25(28)18(4)17(23)3/h6-13,28H,14H2,1-5H3. The predicted octanol–water partition coefficient (Wildman–Crippen LogP) is 5.88. The Morgan fingerprint density at radius 2 is 1.60 bits per heavy atom. The van der Waals surface area contributed by atoms with Gasteiger partial charge in [-0.15, -0.1) is 0 Å². The van der Waals surface area contributed by atoms with Gasteiger partial charge in [0, 0.05) is 13.1 Å². The number of phenolic OH excluding ortho intramolecular Hbond substituents is 1. The molecule has 3 aromatic carbocycles. The van der Waals surface area contributed by atoms with Crippen molar-refractivity contribution in [1.29, 1.82) is 0 Å². The molecule has 0 spiro atoms. The Labute approximate surface area is 176 Å². The van der Waals surface area contributed by atoms with Crippen molar-refractivity contribution in [2.24, 2.45) is 7.05 Å². The Bertz CT molecular complexity index is 1220. The van der Waals surface area contributed by atoms with Gasteiger partial charge in [0.05, 0.1) is 11.0 Å². The molecule has 5 heteroatoms. The van der Waals surface area contributed by atoms with Gasteiger partial charge in [-0.1, -0.05) is 17.7 Å². The van der Waals surface area contributed by atoms with Gasteiger partial charge in [-0.3, -0.25) is 0 Å². The largest absolute Gasteiger partial charge is 0.507 e. The average molecular weight is 402 g/mol. The molecule has 1 heterocycles. The van der Waals surface area contributed by atoms with Gasteiger partial charge in [0.15, 0.2) is 0 Å². The van der Waals surface area contributed by atoms with Crippen molar-refractivity contribution in [1.82, 2.24) is 9.55 Å². The van der Waals surface area contributed by atoms with Crippen LogP contribution in [0.3, 0.4) is 0 Å². The fourth-order valence-electron chi connectivity index (χ4n) is 3.46. The molecular formula is C25H26N2O3. The molecule has 1 N–H and O–H groups in total. The fraction of sp³-hybridized carbons (Fsp3) is 0.240. The summed E-state index contributed by atoms with van der Waals surface area (Å²) in [5.74, 6) is 3.46. The Balaban J connectivity index is 1.59. The minimum Gasteiger partial charge on any atom is -0.507 e. The summed E-state index contributed by atoms with van der Waals surface area (Å²) in [7, 11) is 1.98. The second kappa shape index (κ2) is 7.75. The summed E-state index contributed by atoms with van der Waals surface area (Å²) in [6, 6.07) is 15.7. The van der Waals surface area contributed by atoms with E-state index in [-0.39, 0.29) is 0 Å². The highest BCUT2D eigenvalue weighted by Gasteiger charge is 2.13. The zero-order chi connectivity index (χ0) is 21.4. The van der Waals surface area contributed by atoms with E-state index >= 15 is 0 Å². The molecule has 0 saturated heterocycles. The molecule has 0 amide bonds. The van der Waals surface area contributed by atoms with Crippen molar-refractivity contribution in [3.8, 4) is 23.0 Å². The van der Waals surface area contributed by atoms with Crippen molar-refractivity contribution in [2.45, 2.75) is 34.3 Å². The van der Waals surface area contributed by atoms with Crippen LogP contribution in [0.2, 0.25) is 0 Å². The van der Waals surface area contributed by atoms with Crippen molar-refractivity contribution in [3.05, 3.63) is 76.6 Å². The van der Waals surface area contributed by atoms with E-state index in [9.17, 15) is 5.11 Å². The number of aromatic nitrogens is 2. The SMILES string of the molecule is Cc1ccc(OCc2nc3ccc(Oc4cc(C)c(O)c(C)c4C)cc3n2C)cc1.